The third kappa shape index (κ3) is 2.82. The van der Waals surface area contributed by atoms with Gasteiger partial charge in [0.15, 0.2) is 0 Å². The van der Waals surface area contributed by atoms with Crippen LogP contribution in [-0.2, 0) is 11.0 Å². The maximum Gasteiger partial charge on any atom is 0.419 e. The third-order valence-electron chi connectivity index (χ3n) is 3.53. The van der Waals surface area contributed by atoms with Gasteiger partial charge in [0.25, 0.3) is 5.91 Å². The van der Waals surface area contributed by atoms with Gasteiger partial charge in [-0.15, -0.1) is 0 Å². The summed E-state index contributed by atoms with van der Waals surface area (Å²) in [6, 6.07) is 8.40. The van der Waals surface area contributed by atoms with Gasteiger partial charge >= 0.3 is 6.18 Å². The van der Waals surface area contributed by atoms with Gasteiger partial charge in [0.2, 0.25) is 5.91 Å². The first-order chi connectivity index (χ1) is 11.3. The Kier molecular flexibility index (Phi) is 3.75. The summed E-state index contributed by atoms with van der Waals surface area (Å²) in [7, 11) is 0. The first-order valence-corrected chi connectivity index (χ1v) is 6.85. The minimum Gasteiger partial charge on any atom is -0.323 e. The molecule has 4 nitrogen and oxygen atoms in total. The number of carbonyl (C=O) groups excluding carboxylic acids is 2. The fourth-order valence-corrected chi connectivity index (χ4v) is 2.45. The van der Waals surface area contributed by atoms with Gasteiger partial charge in [0.1, 0.15) is 12.4 Å². The number of carbonyl (C=O) groups is 2. The van der Waals surface area contributed by atoms with E-state index in [0.717, 1.165) is 11.0 Å². The van der Waals surface area contributed by atoms with E-state index in [1.54, 1.807) is 24.3 Å². The SMILES string of the molecule is O=C1CN(C(=O)c2ccc(F)c(C(F)(F)F)c2)c2ccccc2N1. The highest BCUT2D eigenvalue weighted by atomic mass is 19.4. The molecule has 8 heteroatoms. The largest absolute Gasteiger partial charge is 0.419 e. The van der Waals surface area contributed by atoms with Crippen LogP contribution in [0, 0.1) is 5.82 Å². The van der Waals surface area contributed by atoms with Crippen LogP contribution in [0.3, 0.4) is 0 Å². The molecule has 0 saturated carbocycles. The number of benzene rings is 2. The Hall–Kier alpha value is -2.90. The van der Waals surface area contributed by atoms with Crippen molar-refractivity contribution in [2.24, 2.45) is 0 Å². The molecule has 0 spiro atoms. The molecule has 2 amide bonds. The van der Waals surface area contributed by atoms with Gasteiger partial charge in [0.05, 0.1) is 16.9 Å². The Morgan fingerprint density at radius 2 is 1.83 bits per heavy atom. The van der Waals surface area contributed by atoms with Gasteiger partial charge in [-0.1, -0.05) is 12.1 Å². The lowest BCUT2D eigenvalue weighted by atomic mass is 10.1. The van der Waals surface area contributed by atoms with Crippen LogP contribution >= 0.6 is 0 Å². The van der Waals surface area contributed by atoms with E-state index in [0.29, 0.717) is 23.5 Å². The number of nitrogens with zero attached hydrogens (tertiary/aromatic N) is 1. The summed E-state index contributed by atoms with van der Waals surface area (Å²) in [5.41, 5.74) is -1.14. The van der Waals surface area contributed by atoms with Crippen molar-refractivity contribution in [3.05, 3.63) is 59.4 Å². The molecule has 24 heavy (non-hydrogen) atoms. The Morgan fingerprint density at radius 1 is 1.12 bits per heavy atom. The summed E-state index contributed by atoms with van der Waals surface area (Å²) in [5, 5.41) is 2.57. The maximum atomic E-state index is 13.4. The van der Waals surface area contributed by atoms with Crippen LogP contribution in [0.15, 0.2) is 42.5 Å². The number of alkyl halides is 3. The third-order valence-corrected chi connectivity index (χ3v) is 3.53. The van der Waals surface area contributed by atoms with Gasteiger partial charge in [-0.25, -0.2) is 4.39 Å². The molecule has 0 fully saturated rings. The summed E-state index contributed by atoms with van der Waals surface area (Å²) in [6.45, 7) is -0.339. The highest BCUT2D eigenvalue weighted by Gasteiger charge is 2.35. The van der Waals surface area contributed by atoms with Crippen LogP contribution in [0.1, 0.15) is 15.9 Å². The predicted molar refractivity (Wildman–Crippen MR) is 78.2 cm³/mol. The van der Waals surface area contributed by atoms with Crippen molar-refractivity contribution in [1.82, 2.24) is 0 Å². The van der Waals surface area contributed by atoms with Gasteiger partial charge in [-0.05, 0) is 30.3 Å². The molecule has 2 aromatic carbocycles. The van der Waals surface area contributed by atoms with E-state index in [9.17, 15) is 27.2 Å². The van der Waals surface area contributed by atoms with Gasteiger partial charge in [-0.3, -0.25) is 14.5 Å². The van der Waals surface area contributed by atoms with Crippen molar-refractivity contribution in [2.45, 2.75) is 6.18 Å². The molecule has 0 unspecified atom stereocenters. The average molecular weight is 338 g/mol. The van der Waals surface area contributed by atoms with Gasteiger partial charge in [0, 0.05) is 5.56 Å². The summed E-state index contributed by atoms with van der Waals surface area (Å²) in [4.78, 5) is 25.3. The molecule has 2 aromatic rings. The Balaban J connectivity index is 2.03. The molecule has 1 aliphatic heterocycles. The number of anilines is 2. The summed E-state index contributed by atoms with van der Waals surface area (Å²) in [5.74, 6) is -2.75. The zero-order valence-corrected chi connectivity index (χ0v) is 12.0. The molecule has 0 aliphatic carbocycles. The fourth-order valence-electron chi connectivity index (χ4n) is 2.45. The number of nitrogens with one attached hydrogen (secondary N) is 1. The number of hydrogen-bond donors (Lipinski definition) is 1. The smallest absolute Gasteiger partial charge is 0.323 e. The number of fused-ring (bicyclic) bond motifs is 1. The van der Waals surface area contributed by atoms with Crippen molar-refractivity contribution >= 4 is 23.2 Å². The zero-order chi connectivity index (χ0) is 17.5. The van der Waals surface area contributed by atoms with Crippen molar-refractivity contribution in [3.8, 4) is 0 Å². The Morgan fingerprint density at radius 3 is 2.54 bits per heavy atom. The number of halogens is 4. The van der Waals surface area contributed by atoms with Crippen LogP contribution in [0.2, 0.25) is 0 Å². The van der Waals surface area contributed by atoms with E-state index in [1.165, 1.54) is 0 Å². The molecule has 0 atom stereocenters. The summed E-state index contributed by atoms with van der Waals surface area (Å²) in [6.07, 6.45) is -4.92. The minimum atomic E-state index is -4.92. The molecule has 124 valence electrons. The molecule has 1 N–H and O–H groups in total. The Bertz CT molecular complexity index is 833. The minimum absolute atomic E-state index is 0.339. The predicted octanol–water partition coefficient (Wildman–Crippen LogP) is 3.44. The van der Waals surface area contributed by atoms with E-state index in [2.05, 4.69) is 5.32 Å². The van der Waals surface area contributed by atoms with E-state index < -0.39 is 29.4 Å². The maximum absolute atomic E-state index is 13.4. The van der Waals surface area contributed by atoms with Gasteiger partial charge < -0.3 is 5.32 Å². The molecule has 0 saturated heterocycles. The lowest BCUT2D eigenvalue weighted by Gasteiger charge is -2.29. The molecule has 3 rings (SSSR count). The number of hydrogen-bond acceptors (Lipinski definition) is 2. The van der Waals surface area contributed by atoms with Gasteiger partial charge in [-0.2, -0.15) is 13.2 Å². The first kappa shape index (κ1) is 16.0. The van der Waals surface area contributed by atoms with Crippen molar-refractivity contribution < 1.29 is 27.2 Å². The van der Waals surface area contributed by atoms with E-state index in [1.807, 2.05) is 0 Å². The van der Waals surface area contributed by atoms with E-state index in [4.69, 9.17) is 0 Å². The van der Waals surface area contributed by atoms with E-state index >= 15 is 0 Å². The zero-order valence-electron chi connectivity index (χ0n) is 12.0. The standard InChI is InChI=1S/C16H10F4N2O2/c17-11-6-5-9(7-10(11)16(18,19)20)15(24)22-8-14(23)21-12-3-1-2-4-13(12)22/h1-7H,8H2,(H,21,23). The lowest BCUT2D eigenvalue weighted by Crippen LogP contribution is -2.42. The lowest BCUT2D eigenvalue weighted by molar-refractivity contribution is -0.140. The second kappa shape index (κ2) is 5.63. The topological polar surface area (TPSA) is 49.4 Å². The van der Waals surface area contributed by atoms with Crippen LogP contribution < -0.4 is 10.2 Å². The highest BCUT2D eigenvalue weighted by molar-refractivity contribution is 6.15. The molecule has 1 aliphatic rings. The second-order valence-corrected chi connectivity index (χ2v) is 5.15. The Labute approximate surface area is 133 Å². The number of para-hydroxylation sites is 2. The summed E-state index contributed by atoms with van der Waals surface area (Å²) >= 11 is 0. The van der Waals surface area contributed by atoms with Crippen LogP contribution in [0.25, 0.3) is 0 Å². The quantitative estimate of drug-likeness (QED) is 0.810. The molecule has 1 heterocycles. The molecular weight excluding hydrogens is 328 g/mol. The first-order valence-electron chi connectivity index (χ1n) is 6.85. The molecule has 0 aromatic heterocycles. The average Bonchev–Trinajstić information content (AvgIpc) is 2.52. The molecule has 0 bridgehead atoms. The van der Waals surface area contributed by atoms with Crippen LogP contribution in [0.4, 0.5) is 28.9 Å². The number of rotatable bonds is 1. The van der Waals surface area contributed by atoms with Crippen molar-refractivity contribution in [3.63, 3.8) is 0 Å². The van der Waals surface area contributed by atoms with Crippen LogP contribution in [-0.4, -0.2) is 18.4 Å². The van der Waals surface area contributed by atoms with Crippen LogP contribution in [0.5, 0.6) is 0 Å². The van der Waals surface area contributed by atoms with Crippen molar-refractivity contribution in [1.29, 1.82) is 0 Å². The van der Waals surface area contributed by atoms with E-state index in [-0.39, 0.29) is 12.1 Å². The normalized spacial score (nSPS) is 14.2. The number of amides is 2. The fraction of sp³-hybridized carbons (Fsp3) is 0.125. The molecule has 0 radical (unpaired) electrons. The summed E-state index contributed by atoms with van der Waals surface area (Å²) < 4.78 is 51.8. The monoisotopic (exact) mass is 338 g/mol. The highest BCUT2D eigenvalue weighted by Crippen LogP contribution is 2.34. The van der Waals surface area contributed by atoms with Crippen molar-refractivity contribution in [2.75, 3.05) is 16.8 Å². The second-order valence-electron chi connectivity index (χ2n) is 5.15. The molecular formula is C16H10F4N2O2.